The molecular formula is C13H21BrN2O2. The maximum atomic E-state index is 10.4. The first-order valence-corrected chi connectivity index (χ1v) is 7.39. The largest absolute Gasteiger partial charge is 0.390 e. The Hall–Kier alpha value is -0.390. The average molecular weight is 317 g/mol. The van der Waals surface area contributed by atoms with Crippen molar-refractivity contribution in [2.75, 3.05) is 0 Å². The quantitative estimate of drug-likeness (QED) is 0.895. The van der Waals surface area contributed by atoms with Gasteiger partial charge in [-0.2, -0.15) is 5.10 Å². The fraction of sp³-hybridized carbons (Fsp3) is 0.769. The van der Waals surface area contributed by atoms with Crippen LogP contribution in [0.5, 0.6) is 0 Å². The number of halogens is 1. The van der Waals surface area contributed by atoms with E-state index in [1.165, 1.54) is 0 Å². The van der Waals surface area contributed by atoms with E-state index < -0.39 is 11.7 Å². The average Bonchev–Trinajstić information content (AvgIpc) is 2.89. The number of hydrogen-bond donors (Lipinski definition) is 2. The SMILES string of the molecule is CCn1nc(C)c(Br)c1CC(O)C1(O)CCCC1. The lowest BCUT2D eigenvalue weighted by Gasteiger charge is -2.28. The van der Waals surface area contributed by atoms with Gasteiger partial charge in [-0.05, 0) is 42.6 Å². The van der Waals surface area contributed by atoms with E-state index in [1.54, 1.807) is 0 Å². The van der Waals surface area contributed by atoms with Crippen LogP contribution >= 0.6 is 15.9 Å². The molecule has 1 heterocycles. The zero-order valence-electron chi connectivity index (χ0n) is 11.0. The third-order valence-electron chi connectivity index (χ3n) is 3.93. The van der Waals surface area contributed by atoms with Crippen molar-refractivity contribution >= 4 is 15.9 Å². The Bertz CT molecular complexity index is 425. The van der Waals surface area contributed by atoms with Gasteiger partial charge in [-0.15, -0.1) is 0 Å². The van der Waals surface area contributed by atoms with E-state index in [9.17, 15) is 10.2 Å². The second kappa shape index (κ2) is 5.31. The molecule has 0 saturated heterocycles. The second-order valence-corrected chi connectivity index (χ2v) is 5.99. The Morgan fingerprint density at radius 1 is 1.44 bits per heavy atom. The van der Waals surface area contributed by atoms with Gasteiger partial charge in [0.1, 0.15) is 0 Å². The van der Waals surface area contributed by atoms with Crippen LogP contribution in [0.25, 0.3) is 0 Å². The van der Waals surface area contributed by atoms with Crippen molar-refractivity contribution in [3.8, 4) is 0 Å². The summed E-state index contributed by atoms with van der Waals surface area (Å²) in [5, 5.41) is 25.1. The normalized spacial score (nSPS) is 20.3. The van der Waals surface area contributed by atoms with Gasteiger partial charge < -0.3 is 10.2 Å². The lowest BCUT2D eigenvalue weighted by Crippen LogP contribution is -2.41. The number of rotatable bonds is 4. The Morgan fingerprint density at radius 2 is 2.06 bits per heavy atom. The van der Waals surface area contributed by atoms with Gasteiger partial charge in [0.05, 0.1) is 27.6 Å². The van der Waals surface area contributed by atoms with E-state index in [4.69, 9.17) is 0 Å². The van der Waals surface area contributed by atoms with E-state index in [-0.39, 0.29) is 0 Å². The second-order valence-electron chi connectivity index (χ2n) is 5.19. The molecule has 0 aliphatic heterocycles. The molecule has 5 heteroatoms. The van der Waals surface area contributed by atoms with Crippen molar-refractivity contribution in [2.45, 2.75) is 64.2 Å². The minimum Gasteiger partial charge on any atom is -0.390 e. The highest BCUT2D eigenvalue weighted by Crippen LogP contribution is 2.34. The van der Waals surface area contributed by atoms with Crippen LogP contribution in [-0.4, -0.2) is 31.7 Å². The first-order valence-electron chi connectivity index (χ1n) is 6.60. The third kappa shape index (κ3) is 2.49. The summed E-state index contributed by atoms with van der Waals surface area (Å²) in [7, 11) is 0. The first kappa shape index (κ1) is 14.0. The van der Waals surface area contributed by atoms with Gasteiger partial charge in [-0.25, -0.2) is 0 Å². The topological polar surface area (TPSA) is 58.3 Å². The number of hydrogen-bond acceptors (Lipinski definition) is 3. The molecule has 1 atom stereocenters. The smallest absolute Gasteiger partial charge is 0.0909 e. The predicted molar refractivity (Wildman–Crippen MR) is 73.5 cm³/mol. The highest BCUT2D eigenvalue weighted by molar-refractivity contribution is 9.10. The van der Waals surface area contributed by atoms with Gasteiger partial charge in [0, 0.05) is 13.0 Å². The molecule has 18 heavy (non-hydrogen) atoms. The van der Waals surface area contributed by atoms with Crippen LogP contribution in [0.15, 0.2) is 4.47 Å². The Morgan fingerprint density at radius 3 is 2.61 bits per heavy atom. The first-order chi connectivity index (χ1) is 8.48. The van der Waals surface area contributed by atoms with Crippen LogP contribution in [0.4, 0.5) is 0 Å². The fourth-order valence-corrected chi connectivity index (χ4v) is 3.20. The highest BCUT2D eigenvalue weighted by Gasteiger charge is 2.39. The molecule has 1 unspecified atom stereocenters. The number of aliphatic hydroxyl groups is 2. The molecule has 0 radical (unpaired) electrons. The van der Waals surface area contributed by atoms with Gasteiger partial charge in [0.2, 0.25) is 0 Å². The molecular weight excluding hydrogens is 296 g/mol. The van der Waals surface area contributed by atoms with E-state index in [0.29, 0.717) is 19.3 Å². The molecule has 0 amide bonds. The number of aromatic nitrogens is 2. The van der Waals surface area contributed by atoms with Crippen LogP contribution in [0, 0.1) is 6.92 Å². The minimum absolute atomic E-state index is 0.450. The summed E-state index contributed by atoms with van der Waals surface area (Å²) >= 11 is 3.52. The summed E-state index contributed by atoms with van der Waals surface area (Å²) < 4.78 is 2.84. The molecule has 2 N–H and O–H groups in total. The maximum Gasteiger partial charge on any atom is 0.0909 e. The van der Waals surface area contributed by atoms with Crippen molar-refractivity contribution in [3.63, 3.8) is 0 Å². The molecule has 1 saturated carbocycles. The van der Waals surface area contributed by atoms with Crippen LogP contribution in [0.1, 0.15) is 44.0 Å². The lowest BCUT2D eigenvalue weighted by molar-refractivity contribution is -0.0697. The molecule has 0 aromatic carbocycles. The highest BCUT2D eigenvalue weighted by atomic mass is 79.9. The Labute approximate surface area is 116 Å². The molecule has 1 aliphatic carbocycles. The molecule has 1 aromatic heterocycles. The zero-order chi connectivity index (χ0) is 13.3. The summed E-state index contributed by atoms with van der Waals surface area (Å²) in [5.74, 6) is 0. The number of aryl methyl sites for hydroxylation is 2. The van der Waals surface area contributed by atoms with E-state index in [1.807, 2.05) is 18.5 Å². The molecule has 1 aromatic rings. The summed E-state index contributed by atoms with van der Waals surface area (Å²) in [5.41, 5.74) is 0.996. The van der Waals surface area contributed by atoms with Gasteiger partial charge in [-0.1, -0.05) is 12.8 Å². The maximum absolute atomic E-state index is 10.4. The van der Waals surface area contributed by atoms with Crippen molar-refractivity contribution in [2.24, 2.45) is 0 Å². The summed E-state index contributed by atoms with van der Waals surface area (Å²) in [4.78, 5) is 0. The third-order valence-corrected chi connectivity index (χ3v) is 4.96. The van der Waals surface area contributed by atoms with Crippen molar-refractivity contribution in [1.82, 2.24) is 9.78 Å². The minimum atomic E-state index is -0.907. The molecule has 0 spiro atoms. The zero-order valence-corrected chi connectivity index (χ0v) is 12.6. The van der Waals surface area contributed by atoms with Gasteiger partial charge in [0.25, 0.3) is 0 Å². The van der Waals surface area contributed by atoms with Crippen LogP contribution < -0.4 is 0 Å². The van der Waals surface area contributed by atoms with E-state index in [2.05, 4.69) is 21.0 Å². The predicted octanol–water partition coefficient (Wildman–Crippen LogP) is 2.18. The van der Waals surface area contributed by atoms with Gasteiger partial charge in [-0.3, -0.25) is 4.68 Å². The number of aliphatic hydroxyl groups excluding tert-OH is 1. The summed E-state index contributed by atoms with van der Waals surface area (Å²) in [6.07, 6.45) is 3.14. The van der Waals surface area contributed by atoms with Crippen molar-refractivity contribution in [1.29, 1.82) is 0 Å². The van der Waals surface area contributed by atoms with Crippen LogP contribution in [-0.2, 0) is 13.0 Å². The van der Waals surface area contributed by atoms with E-state index in [0.717, 1.165) is 35.2 Å². The van der Waals surface area contributed by atoms with Crippen LogP contribution in [0.2, 0.25) is 0 Å². The Kier molecular flexibility index (Phi) is 4.14. The molecule has 4 nitrogen and oxygen atoms in total. The molecule has 2 rings (SSSR count). The molecule has 1 fully saturated rings. The van der Waals surface area contributed by atoms with Crippen molar-refractivity contribution in [3.05, 3.63) is 15.9 Å². The lowest BCUT2D eigenvalue weighted by atomic mass is 9.91. The molecule has 1 aliphatic rings. The number of nitrogens with zero attached hydrogens (tertiary/aromatic N) is 2. The van der Waals surface area contributed by atoms with Gasteiger partial charge in [0.15, 0.2) is 0 Å². The molecule has 0 bridgehead atoms. The fourth-order valence-electron chi connectivity index (χ4n) is 2.76. The van der Waals surface area contributed by atoms with Gasteiger partial charge >= 0.3 is 0 Å². The summed E-state index contributed by atoms with van der Waals surface area (Å²) in [6, 6.07) is 0. The summed E-state index contributed by atoms with van der Waals surface area (Å²) in [6.45, 7) is 4.74. The monoisotopic (exact) mass is 316 g/mol. The van der Waals surface area contributed by atoms with Crippen LogP contribution in [0.3, 0.4) is 0 Å². The standard InChI is InChI=1S/C13H21BrN2O2/c1-3-16-10(12(14)9(2)15-16)8-11(17)13(18)6-4-5-7-13/h11,17-18H,3-8H2,1-2H3. The van der Waals surface area contributed by atoms with E-state index >= 15 is 0 Å². The van der Waals surface area contributed by atoms with Crippen molar-refractivity contribution < 1.29 is 10.2 Å². The molecule has 102 valence electrons. The Balaban J connectivity index is 2.18.